The summed E-state index contributed by atoms with van der Waals surface area (Å²) in [5.74, 6) is 0.644. The zero-order valence-electron chi connectivity index (χ0n) is 14.4. The van der Waals surface area contributed by atoms with Crippen LogP contribution >= 0.6 is 11.3 Å². The van der Waals surface area contributed by atoms with E-state index in [1.165, 1.54) is 5.56 Å². The summed E-state index contributed by atoms with van der Waals surface area (Å²) in [5, 5.41) is 10.0. The lowest BCUT2D eigenvalue weighted by atomic mass is 10.1. The van der Waals surface area contributed by atoms with E-state index in [-0.39, 0.29) is 12.1 Å². The summed E-state index contributed by atoms with van der Waals surface area (Å²) >= 11 is 1.68. The Hall–Kier alpha value is -2.05. The van der Waals surface area contributed by atoms with E-state index < -0.39 is 0 Å². The lowest BCUT2D eigenvalue weighted by Crippen LogP contribution is -2.39. The normalized spacial score (nSPS) is 12.0. The van der Waals surface area contributed by atoms with Gasteiger partial charge in [-0.15, -0.1) is 0 Å². The Balaban J connectivity index is 1.99. The van der Waals surface area contributed by atoms with E-state index >= 15 is 0 Å². The van der Waals surface area contributed by atoms with Crippen LogP contribution in [-0.2, 0) is 0 Å². The molecule has 0 aliphatic heterocycles. The molecule has 24 heavy (non-hydrogen) atoms. The van der Waals surface area contributed by atoms with Crippen molar-refractivity contribution < 1.29 is 9.53 Å². The quantitative estimate of drug-likeness (QED) is 0.760. The maximum atomic E-state index is 12.3. The zero-order chi connectivity index (χ0) is 17.4. The number of ether oxygens (including phenoxy) is 1. The average Bonchev–Trinajstić information content (AvgIpc) is 3.13. The van der Waals surface area contributed by atoms with Gasteiger partial charge < -0.3 is 15.4 Å². The molecule has 1 atom stereocenters. The largest absolute Gasteiger partial charge is 0.495 e. The lowest BCUT2D eigenvalue weighted by Gasteiger charge is -2.29. The van der Waals surface area contributed by atoms with Crippen molar-refractivity contribution in [2.75, 3.05) is 32.1 Å². The van der Waals surface area contributed by atoms with Crippen molar-refractivity contribution in [3.8, 4) is 5.75 Å². The minimum atomic E-state index is -0.230. The maximum Gasteiger partial charge on any atom is 0.319 e. The van der Waals surface area contributed by atoms with E-state index in [4.69, 9.17) is 4.74 Å². The van der Waals surface area contributed by atoms with Gasteiger partial charge in [0.15, 0.2) is 0 Å². The number of nitrogens with zero attached hydrogens (tertiary/aromatic N) is 1. The van der Waals surface area contributed by atoms with Gasteiger partial charge in [-0.1, -0.05) is 26.0 Å². The first-order valence-electron chi connectivity index (χ1n) is 8.13. The molecule has 0 fully saturated rings. The number of amides is 2. The minimum absolute atomic E-state index is 0.176. The number of hydrogen-bond donors (Lipinski definition) is 2. The molecule has 5 nitrogen and oxygen atoms in total. The van der Waals surface area contributed by atoms with Crippen LogP contribution in [0.1, 0.15) is 25.5 Å². The topological polar surface area (TPSA) is 53.6 Å². The van der Waals surface area contributed by atoms with Crippen molar-refractivity contribution in [2.24, 2.45) is 0 Å². The third kappa shape index (κ3) is 4.72. The first-order chi connectivity index (χ1) is 11.7. The third-order valence-electron chi connectivity index (χ3n) is 3.99. The number of hydrogen-bond acceptors (Lipinski definition) is 4. The Morgan fingerprint density at radius 3 is 2.62 bits per heavy atom. The smallest absolute Gasteiger partial charge is 0.319 e. The van der Waals surface area contributed by atoms with Gasteiger partial charge in [0.2, 0.25) is 0 Å². The lowest BCUT2D eigenvalue weighted by molar-refractivity contribution is 0.210. The van der Waals surface area contributed by atoms with E-state index in [2.05, 4.69) is 46.2 Å². The Labute approximate surface area is 147 Å². The van der Waals surface area contributed by atoms with Crippen LogP contribution in [-0.4, -0.2) is 37.7 Å². The fraction of sp³-hybridized carbons (Fsp3) is 0.389. The summed E-state index contributed by atoms with van der Waals surface area (Å²) in [7, 11) is 1.59. The zero-order valence-corrected chi connectivity index (χ0v) is 15.2. The molecule has 1 heterocycles. The summed E-state index contributed by atoms with van der Waals surface area (Å²) in [6.07, 6.45) is 0. The standard InChI is InChI=1S/C18H25N3O2S/c1-4-21(5-2)16(14-10-11-24-13-14)12-19-18(22)20-15-8-6-7-9-17(15)23-3/h6-11,13,16H,4-5,12H2,1-3H3,(H2,19,20,22)/t16-/m1/s1. The highest BCUT2D eigenvalue weighted by molar-refractivity contribution is 7.07. The molecule has 0 aliphatic rings. The second kappa shape index (κ2) is 9.30. The molecule has 0 radical (unpaired) electrons. The molecule has 0 saturated heterocycles. The van der Waals surface area contributed by atoms with Gasteiger partial charge in [-0.3, -0.25) is 4.90 Å². The Morgan fingerprint density at radius 1 is 1.25 bits per heavy atom. The van der Waals surface area contributed by atoms with E-state index in [9.17, 15) is 4.79 Å². The third-order valence-corrected chi connectivity index (χ3v) is 4.69. The monoisotopic (exact) mass is 347 g/mol. The molecule has 2 aromatic rings. The molecule has 2 N–H and O–H groups in total. The number of thiophene rings is 1. The number of urea groups is 1. The Bertz CT molecular complexity index is 627. The van der Waals surface area contributed by atoms with Crippen molar-refractivity contribution in [1.82, 2.24) is 10.2 Å². The number of carbonyl (C=O) groups is 1. The van der Waals surface area contributed by atoms with Gasteiger partial charge in [-0.25, -0.2) is 4.79 Å². The molecule has 2 amide bonds. The van der Waals surface area contributed by atoms with Gasteiger partial charge in [0.05, 0.1) is 18.8 Å². The number of anilines is 1. The van der Waals surface area contributed by atoms with Crippen molar-refractivity contribution in [3.63, 3.8) is 0 Å². The van der Waals surface area contributed by atoms with Crippen LogP contribution in [0.25, 0.3) is 0 Å². The molecule has 0 saturated carbocycles. The van der Waals surface area contributed by atoms with Gasteiger partial charge in [-0.2, -0.15) is 11.3 Å². The number of methoxy groups -OCH3 is 1. The molecule has 6 heteroatoms. The van der Waals surface area contributed by atoms with Gasteiger partial charge in [0.1, 0.15) is 5.75 Å². The van der Waals surface area contributed by atoms with E-state index in [0.29, 0.717) is 18.0 Å². The van der Waals surface area contributed by atoms with Crippen molar-refractivity contribution in [3.05, 3.63) is 46.7 Å². The molecule has 2 rings (SSSR count). The molecular formula is C18H25N3O2S. The summed E-state index contributed by atoms with van der Waals surface area (Å²) in [5.41, 5.74) is 1.90. The number of benzene rings is 1. The SMILES string of the molecule is CCN(CC)[C@H](CNC(=O)Nc1ccccc1OC)c1ccsc1. The fourth-order valence-corrected chi connectivity index (χ4v) is 3.40. The fourth-order valence-electron chi connectivity index (χ4n) is 2.69. The van der Waals surface area contributed by atoms with Crippen molar-refractivity contribution in [1.29, 1.82) is 0 Å². The second-order valence-corrected chi connectivity index (χ2v) is 6.11. The number of rotatable bonds is 8. The van der Waals surface area contributed by atoms with Crippen molar-refractivity contribution >= 4 is 23.1 Å². The van der Waals surface area contributed by atoms with Crippen molar-refractivity contribution in [2.45, 2.75) is 19.9 Å². The van der Waals surface area contributed by atoms with Crippen LogP contribution in [0.5, 0.6) is 5.75 Å². The molecule has 0 unspecified atom stereocenters. The highest BCUT2D eigenvalue weighted by Crippen LogP contribution is 2.24. The number of nitrogens with one attached hydrogen (secondary N) is 2. The molecule has 130 valence electrons. The van der Waals surface area contributed by atoms with E-state index in [1.807, 2.05) is 24.3 Å². The van der Waals surface area contributed by atoms with E-state index in [0.717, 1.165) is 13.1 Å². The van der Waals surface area contributed by atoms with Gasteiger partial charge in [0.25, 0.3) is 0 Å². The van der Waals surface area contributed by atoms with Crippen LogP contribution < -0.4 is 15.4 Å². The van der Waals surface area contributed by atoms with Gasteiger partial charge in [0, 0.05) is 6.54 Å². The molecular weight excluding hydrogens is 322 g/mol. The first-order valence-corrected chi connectivity index (χ1v) is 9.07. The van der Waals surface area contributed by atoms with Crippen LogP contribution in [0, 0.1) is 0 Å². The number of carbonyl (C=O) groups excluding carboxylic acids is 1. The summed E-state index contributed by atoms with van der Waals surface area (Å²) in [6.45, 7) is 6.70. The highest BCUT2D eigenvalue weighted by atomic mass is 32.1. The van der Waals surface area contributed by atoms with E-state index in [1.54, 1.807) is 18.4 Å². The summed E-state index contributed by atoms with van der Waals surface area (Å²) in [4.78, 5) is 14.6. The van der Waals surface area contributed by atoms with Crippen LogP contribution in [0.3, 0.4) is 0 Å². The molecule has 1 aromatic carbocycles. The number of likely N-dealkylation sites (N-methyl/N-ethyl adjacent to an activating group) is 1. The summed E-state index contributed by atoms with van der Waals surface area (Å²) in [6, 6.07) is 9.44. The minimum Gasteiger partial charge on any atom is -0.495 e. The highest BCUT2D eigenvalue weighted by Gasteiger charge is 2.19. The predicted octanol–water partition coefficient (Wildman–Crippen LogP) is 3.96. The van der Waals surface area contributed by atoms with Crippen LogP contribution in [0.4, 0.5) is 10.5 Å². The molecule has 0 bridgehead atoms. The molecule has 1 aromatic heterocycles. The average molecular weight is 347 g/mol. The Morgan fingerprint density at radius 2 is 2.00 bits per heavy atom. The molecule has 0 spiro atoms. The maximum absolute atomic E-state index is 12.3. The predicted molar refractivity (Wildman–Crippen MR) is 100.0 cm³/mol. The van der Waals surface area contributed by atoms with Crippen LogP contribution in [0.2, 0.25) is 0 Å². The molecule has 0 aliphatic carbocycles. The number of para-hydroxylation sites is 2. The van der Waals surface area contributed by atoms with Gasteiger partial charge >= 0.3 is 6.03 Å². The second-order valence-electron chi connectivity index (χ2n) is 5.33. The van der Waals surface area contributed by atoms with Gasteiger partial charge in [-0.05, 0) is 47.6 Å². The Kier molecular flexibility index (Phi) is 7.08. The first kappa shape index (κ1) is 18.3. The van der Waals surface area contributed by atoms with Crippen LogP contribution in [0.15, 0.2) is 41.1 Å². The summed E-state index contributed by atoms with van der Waals surface area (Å²) < 4.78 is 5.25.